The molecule has 2 N–H and O–H groups in total. The second-order valence-electron chi connectivity index (χ2n) is 3.30. The minimum atomic E-state index is 0.167. The highest BCUT2D eigenvalue weighted by Crippen LogP contribution is 2.28. The van der Waals surface area contributed by atoms with Crippen molar-refractivity contribution in [2.24, 2.45) is 5.18 Å². The van der Waals surface area contributed by atoms with Gasteiger partial charge in [-0.1, -0.05) is 17.7 Å². The number of benzene rings is 1. The van der Waals surface area contributed by atoms with Crippen molar-refractivity contribution < 1.29 is 0 Å². The normalized spacial score (nSPS) is 10.4. The van der Waals surface area contributed by atoms with E-state index in [1.807, 2.05) is 0 Å². The molecule has 0 saturated carbocycles. The summed E-state index contributed by atoms with van der Waals surface area (Å²) in [5.74, 6) is 0.217. The van der Waals surface area contributed by atoms with Gasteiger partial charge in [-0.25, -0.2) is 4.68 Å². The first kappa shape index (κ1) is 10.6. The Morgan fingerprint density at radius 3 is 2.81 bits per heavy atom. The zero-order chi connectivity index (χ0) is 11.7. The lowest BCUT2D eigenvalue weighted by atomic mass is 10.3. The van der Waals surface area contributed by atoms with Crippen LogP contribution < -0.4 is 5.73 Å². The summed E-state index contributed by atoms with van der Waals surface area (Å²) < 4.78 is 1.44. The van der Waals surface area contributed by atoms with Crippen LogP contribution >= 0.6 is 11.6 Å². The Bertz CT molecular complexity index is 550. The average molecular weight is 237 g/mol. The van der Waals surface area contributed by atoms with Gasteiger partial charge in [-0.15, -0.1) is 4.91 Å². The first-order chi connectivity index (χ1) is 7.63. The van der Waals surface area contributed by atoms with E-state index in [-0.39, 0.29) is 11.5 Å². The molecule has 1 aromatic carbocycles. The number of nitroso groups, excluding NO2 is 1. The van der Waals surface area contributed by atoms with Crippen molar-refractivity contribution in [2.75, 3.05) is 5.73 Å². The number of nitrogens with zero attached hydrogens (tertiary/aromatic N) is 3. The lowest BCUT2D eigenvalue weighted by molar-refractivity contribution is 0.872. The van der Waals surface area contributed by atoms with Gasteiger partial charge in [-0.3, -0.25) is 0 Å². The van der Waals surface area contributed by atoms with Crippen LogP contribution in [0.25, 0.3) is 5.69 Å². The molecule has 16 heavy (non-hydrogen) atoms. The highest BCUT2D eigenvalue weighted by molar-refractivity contribution is 6.30. The number of nitrogens with two attached hydrogens (primary N) is 1. The van der Waals surface area contributed by atoms with Gasteiger partial charge in [0.1, 0.15) is 0 Å². The van der Waals surface area contributed by atoms with E-state index in [0.29, 0.717) is 16.4 Å². The van der Waals surface area contributed by atoms with Crippen molar-refractivity contribution in [3.8, 4) is 5.69 Å². The summed E-state index contributed by atoms with van der Waals surface area (Å²) in [5, 5.41) is 7.55. The van der Waals surface area contributed by atoms with E-state index >= 15 is 0 Å². The molecule has 2 aromatic rings. The molecule has 0 aliphatic rings. The Balaban J connectivity index is 2.61. The summed E-state index contributed by atoms with van der Waals surface area (Å²) in [6.45, 7) is 1.67. The molecule has 0 aliphatic carbocycles. The third-order valence-corrected chi connectivity index (χ3v) is 2.44. The van der Waals surface area contributed by atoms with Gasteiger partial charge < -0.3 is 5.73 Å². The van der Waals surface area contributed by atoms with Crippen LogP contribution in [0.2, 0.25) is 5.02 Å². The zero-order valence-electron chi connectivity index (χ0n) is 8.51. The molecule has 1 heterocycles. The molecular formula is C10H9ClN4O. The molecule has 5 nitrogen and oxygen atoms in total. The monoisotopic (exact) mass is 236 g/mol. The summed E-state index contributed by atoms with van der Waals surface area (Å²) in [4.78, 5) is 10.6. The van der Waals surface area contributed by atoms with Gasteiger partial charge in [-0.2, -0.15) is 5.10 Å². The second-order valence-corrected chi connectivity index (χ2v) is 3.74. The van der Waals surface area contributed by atoms with Crippen LogP contribution in [0, 0.1) is 11.8 Å². The number of nitrogen functional groups attached to an aromatic ring is 1. The summed E-state index contributed by atoms with van der Waals surface area (Å²) >= 11 is 5.86. The average Bonchev–Trinajstić information content (AvgIpc) is 2.54. The second kappa shape index (κ2) is 3.94. The van der Waals surface area contributed by atoms with E-state index in [9.17, 15) is 4.91 Å². The summed E-state index contributed by atoms with van der Waals surface area (Å²) in [5.41, 5.74) is 7.12. The maximum absolute atomic E-state index is 10.6. The maximum Gasteiger partial charge on any atom is 0.172 e. The highest BCUT2D eigenvalue weighted by atomic mass is 35.5. The van der Waals surface area contributed by atoms with Crippen LogP contribution in [0.4, 0.5) is 11.5 Å². The minimum Gasteiger partial charge on any atom is -0.382 e. The van der Waals surface area contributed by atoms with E-state index in [1.54, 1.807) is 31.2 Å². The molecule has 0 unspecified atom stereocenters. The molecule has 0 bridgehead atoms. The van der Waals surface area contributed by atoms with E-state index in [4.69, 9.17) is 17.3 Å². The Morgan fingerprint density at radius 1 is 1.50 bits per heavy atom. The number of halogens is 1. The lowest BCUT2D eigenvalue weighted by Crippen LogP contribution is -2.01. The molecule has 0 aliphatic heterocycles. The van der Waals surface area contributed by atoms with E-state index in [1.165, 1.54) is 4.68 Å². The zero-order valence-corrected chi connectivity index (χ0v) is 9.27. The standard InChI is InChI=1S/C10H9ClN4O/c1-6-9(14-16)10(12)15(13-6)8-4-2-3-7(11)5-8/h2-5H,12H2,1H3. The SMILES string of the molecule is Cc1nn(-c2cccc(Cl)c2)c(N)c1N=O. The molecular weight excluding hydrogens is 228 g/mol. The minimum absolute atomic E-state index is 0.167. The van der Waals surface area contributed by atoms with Gasteiger partial charge in [-0.05, 0) is 30.3 Å². The maximum atomic E-state index is 10.6. The van der Waals surface area contributed by atoms with Gasteiger partial charge in [0.2, 0.25) is 0 Å². The van der Waals surface area contributed by atoms with Crippen LogP contribution in [0.15, 0.2) is 29.4 Å². The van der Waals surface area contributed by atoms with Crippen molar-refractivity contribution in [3.05, 3.63) is 39.9 Å². The lowest BCUT2D eigenvalue weighted by Gasteiger charge is -2.03. The van der Waals surface area contributed by atoms with Crippen LogP contribution in [0.1, 0.15) is 5.69 Å². The van der Waals surface area contributed by atoms with Crippen molar-refractivity contribution in [3.63, 3.8) is 0 Å². The third kappa shape index (κ3) is 1.65. The van der Waals surface area contributed by atoms with Gasteiger partial charge in [0, 0.05) is 5.02 Å². The molecule has 6 heteroatoms. The van der Waals surface area contributed by atoms with Gasteiger partial charge in [0.15, 0.2) is 11.5 Å². The number of hydrogen-bond acceptors (Lipinski definition) is 4. The van der Waals surface area contributed by atoms with E-state index < -0.39 is 0 Å². The highest BCUT2D eigenvalue weighted by Gasteiger charge is 2.14. The topological polar surface area (TPSA) is 73.3 Å². The first-order valence-corrected chi connectivity index (χ1v) is 4.95. The fraction of sp³-hybridized carbons (Fsp3) is 0.100. The van der Waals surface area contributed by atoms with Crippen molar-refractivity contribution in [1.82, 2.24) is 9.78 Å². The molecule has 0 amide bonds. The Kier molecular flexibility index (Phi) is 2.62. The summed E-state index contributed by atoms with van der Waals surface area (Å²) in [7, 11) is 0. The van der Waals surface area contributed by atoms with Crippen molar-refractivity contribution in [1.29, 1.82) is 0 Å². The summed E-state index contributed by atoms with van der Waals surface area (Å²) in [6, 6.07) is 7.03. The third-order valence-electron chi connectivity index (χ3n) is 2.21. The van der Waals surface area contributed by atoms with Crippen molar-refractivity contribution >= 4 is 23.1 Å². The number of rotatable bonds is 2. The van der Waals surface area contributed by atoms with Gasteiger partial charge >= 0.3 is 0 Å². The molecule has 0 saturated heterocycles. The van der Waals surface area contributed by atoms with Crippen molar-refractivity contribution in [2.45, 2.75) is 6.92 Å². The quantitative estimate of drug-likeness (QED) is 0.815. The molecule has 1 aromatic heterocycles. The first-order valence-electron chi connectivity index (χ1n) is 4.58. The molecule has 2 rings (SSSR count). The fourth-order valence-electron chi connectivity index (χ4n) is 1.45. The smallest absolute Gasteiger partial charge is 0.172 e. The molecule has 0 fully saturated rings. The molecule has 0 spiro atoms. The Morgan fingerprint density at radius 2 is 2.25 bits per heavy atom. The number of aryl methyl sites for hydroxylation is 1. The van der Waals surface area contributed by atoms with Gasteiger partial charge in [0.05, 0.1) is 11.4 Å². The van der Waals surface area contributed by atoms with Crippen LogP contribution in [-0.2, 0) is 0 Å². The van der Waals surface area contributed by atoms with Crippen LogP contribution in [0.3, 0.4) is 0 Å². The van der Waals surface area contributed by atoms with Gasteiger partial charge in [0.25, 0.3) is 0 Å². The number of aromatic nitrogens is 2. The number of anilines is 1. The Hall–Kier alpha value is -1.88. The predicted molar refractivity (Wildman–Crippen MR) is 63.2 cm³/mol. The van der Waals surface area contributed by atoms with E-state index in [0.717, 1.165) is 0 Å². The fourth-order valence-corrected chi connectivity index (χ4v) is 1.64. The summed E-state index contributed by atoms with van der Waals surface area (Å²) in [6.07, 6.45) is 0. The molecule has 82 valence electrons. The Labute approximate surface area is 96.8 Å². The number of hydrogen-bond donors (Lipinski definition) is 1. The predicted octanol–water partition coefficient (Wildman–Crippen LogP) is 2.81. The van der Waals surface area contributed by atoms with Crippen LogP contribution in [0.5, 0.6) is 0 Å². The van der Waals surface area contributed by atoms with E-state index in [2.05, 4.69) is 10.3 Å². The largest absolute Gasteiger partial charge is 0.382 e. The molecule has 0 radical (unpaired) electrons. The van der Waals surface area contributed by atoms with Crippen LogP contribution in [-0.4, -0.2) is 9.78 Å². The molecule has 0 atom stereocenters.